The van der Waals surface area contributed by atoms with Gasteiger partial charge in [0.25, 0.3) is 5.91 Å². The summed E-state index contributed by atoms with van der Waals surface area (Å²) in [6.07, 6.45) is 1.65. The lowest BCUT2D eigenvalue weighted by Crippen LogP contribution is -2.15. The maximum Gasteiger partial charge on any atom is 0.256 e. The summed E-state index contributed by atoms with van der Waals surface area (Å²) in [5.41, 5.74) is 2.78. The van der Waals surface area contributed by atoms with Crippen LogP contribution in [0.3, 0.4) is 0 Å². The normalized spacial score (nSPS) is 10.2. The molecule has 0 unspecified atom stereocenters. The molecule has 104 valence electrons. The highest BCUT2D eigenvalue weighted by molar-refractivity contribution is 9.10. The van der Waals surface area contributed by atoms with E-state index in [4.69, 9.17) is 0 Å². The van der Waals surface area contributed by atoms with Crippen molar-refractivity contribution in [2.24, 2.45) is 0 Å². The number of pyridine rings is 1. The van der Waals surface area contributed by atoms with Crippen LogP contribution in [-0.2, 0) is 0 Å². The Kier molecular flexibility index (Phi) is 4.39. The van der Waals surface area contributed by atoms with Gasteiger partial charge in [-0.25, -0.2) is 4.98 Å². The van der Waals surface area contributed by atoms with E-state index in [1.807, 2.05) is 50.2 Å². The number of hydrogen-bond acceptors (Lipinski definition) is 3. The molecule has 0 atom stereocenters. The molecule has 0 saturated carbocycles. The molecule has 1 amide bonds. The fourth-order valence-corrected chi connectivity index (χ4v) is 2.17. The number of carbonyl (C=O) groups is 1. The van der Waals surface area contributed by atoms with E-state index < -0.39 is 0 Å². The molecule has 1 aromatic carbocycles. The molecule has 0 aliphatic carbocycles. The first-order chi connectivity index (χ1) is 9.47. The highest BCUT2D eigenvalue weighted by atomic mass is 79.9. The molecule has 1 N–H and O–H groups in total. The topological polar surface area (TPSA) is 45.2 Å². The quantitative estimate of drug-likeness (QED) is 0.935. The fourth-order valence-electron chi connectivity index (χ4n) is 1.94. The largest absolute Gasteiger partial charge is 0.377 e. The number of carbonyl (C=O) groups excluding carboxylic acids is 1. The van der Waals surface area contributed by atoms with Gasteiger partial charge in [0, 0.05) is 36.0 Å². The van der Waals surface area contributed by atoms with Crippen LogP contribution in [0.5, 0.6) is 0 Å². The van der Waals surface area contributed by atoms with Crippen LogP contribution < -0.4 is 10.2 Å². The SMILES string of the molecule is Cc1cc(C(=O)Nc2ccc(Br)cn2)ccc1N(C)C. The third kappa shape index (κ3) is 3.36. The van der Waals surface area contributed by atoms with Gasteiger partial charge in [-0.05, 0) is 58.7 Å². The van der Waals surface area contributed by atoms with Gasteiger partial charge in [0.05, 0.1) is 0 Å². The molecule has 0 aliphatic rings. The molecular weight excluding hydrogens is 318 g/mol. The van der Waals surface area contributed by atoms with Gasteiger partial charge in [0.1, 0.15) is 5.82 Å². The Morgan fingerprint density at radius 2 is 2.00 bits per heavy atom. The number of hydrogen-bond donors (Lipinski definition) is 1. The van der Waals surface area contributed by atoms with Crippen molar-refractivity contribution in [2.75, 3.05) is 24.3 Å². The number of amides is 1. The van der Waals surface area contributed by atoms with Crippen LogP contribution in [0.4, 0.5) is 11.5 Å². The Hall–Kier alpha value is -1.88. The number of anilines is 2. The Morgan fingerprint density at radius 3 is 2.55 bits per heavy atom. The van der Waals surface area contributed by atoms with Crippen molar-refractivity contribution in [1.29, 1.82) is 0 Å². The maximum atomic E-state index is 12.2. The van der Waals surface area contributed by atoms with Gasteiger partial charge in [0.15, 0.2) is 0 Å². The van der Waals surface area contributed by atoms with Crippen molar-refractivity contribution in [3.8, 4) is 0 Å². The number of nitrogens with zero attached hydrogens (tertiary/aromatic N) is 2. The molecule has 0 aliphatic heterocycles. The summed E-state index contributed by atoms with van der Waals surface area (Å²) in [5.74, 6) is 0.376. The molecule has 2 aromatic rings. The van der Waals surface area contributed by atoms with Gasteiger partial charge < -0.3 is 10.2 Å². The van der Waals surface area contributed by atoms with Crippen LogP contribution in [0.2, 0.25) is 0 Å². The molecule has 4 nitrogen and oxygen atoms in total. The number of halogens is 1. The van der Waals surface area contributed by atoms with Gasteiger partial charge in [-0.3, -0.25) is 4.79 Å². The second-order valence-electron chi connectivity index (χ2n) is 4.71. The molecular formula is C15H16BrN3O. The molecule has 1 heterocycles. The second-order valence-corrected chi connectivity index (χ2v) is 5.63. The molecule has 0 bridgehead atoms. The van der Waals surface area contributed by atoms with Gasteiger partial charge >= 0.3 is 0 Å². The monoisotopic (exact) mass is 333 g/mol. The van der Waals surface area contributed by atoms with Crippen molar-refractivity contribution in [2.45, 2.75) is 6.92 Å². The Bertz CT molecular complexity index is 624. The lowest BCUT2D eigenvalue weighted by molar-refractivity contribution is 0.102. The van der Waals surface area contributed by atoms with E-state index in [9.17, 15) is 4.79 Å². The minimum absolute atomic E-state index is 0.159. The zero-order valence-corrected chi connectivity index (χ0v) is 13.2. The van der Waals surface area contributed by atoms with Gasteiger partial charge in [0.2, 0.25) is 0 Å². The Balaban J connectivity index is 2.17. The first-order valence-corrected chi connectivity index (χ1v) is 6.97. The number of aromatic nitrogens is 1. The average molecular weight is 334 g/mol. The molecule has 2 rings (SSSR count). The number of benzene rings is 1. The minimum atomic E-state index is -0.159. The highest BCUT2D eigenvalue weighted by Gasteiger charge is 2.09. The molecule has 1 aromatic heterocycles. The Labute approximate surface area is 127 Å². The van der Waals surface area contributed by atoms with E-state index >= 15 is 0 Å². The number of aryl methyl sites for hydroxylation is 1. The van der Waals surface area contributed by atoms with Crippen molar-refractivity contribution < 1.29 is 4.79 Å². The fraction of sp³-hybridized carbons (Fsp3) is 0.200. The summed E-state index contributed by atoms with van der Waals surface area (Å²) in [7, 11) is 3.96. The first kappa shape index (κ1) is 14.5. The summed E-state index contributed by atoms with van der Waals surface area (Å²) < 4.78 is 0.877. The predicted octanol–water partition coefficient (Wildman–Crippen LogP) is 3.47. The van der Waals surface area contributed by atoms with Crippen molar-refractivity contribution in [3.63, 3.8) is 0 Å². The van der Waals surface area contributed by atoms with Crippen LogP contribution in [0.25, 0.3) is 0 Å². The number of rotatable bonds is 3. The first-order valence-electron chi connectivity index (χ1n) is 6.18. The molecule has 0 fully saturated rings. The summed E-state index contributed by atoms with van der Waals surface area (Å²) in [5, 5.41) is 2.78. The second kappa shape index (κ2) is 6.05. The molecule has 20 heavy (non-hydrogen) atoms. The summed E-state index contributed by atoms with van der Waals surface area (Å²) in [4.78, 5) is 18.3. The molecule has 5 heteroatoms. The third-order valence-electron chi connectivity index (χ3n) is 2.91. The van der Waals surface area contributed by atoms with E-state index in [0.717, 1.165) is 15.7 Å². The molecule has 0 spiro atoms. The predicted molar refractivity (Wildman–Crippen MR) is 85.4 cm³/mol. The molecule has 0 saturated heterocycles. The standard InChI is InChI=1S/C15H16BrN3O/c1-10-8-11(4-6-13(10)19(2)3)15(20)18-14-7-5-12(16)9-17-14/h4-9H,1-3H3,(H,17,18,20). The highest BCUT2D eigenvalue weighted by Crippen LogP contribution is 2.19. The zero-order valence-electron chi connectivity index (χ0n) is 11.6. The third-order valence-corrected chi connectivity index (χ3v) is 3.38. The van der Waals surface area contributed by atoms with Gasteiger partial charge in [-0.15, -0.1) is 0 Å². The maximum absolute atomic E-state index is 12.2. The van der Waals surface area contributed by atoms with E-state index in [2.05, 4.69) is 26.2 Å². The van der Waals surface area contributed by atoms with Gasteiger partial charge in [-0.1, -0.05) is 0 Å². The van der Waals surface area contributed by atoms with E-state index in [1.165, 1.54) is 0 Å². The molecule has 0 radical (unpaired) electrons. The van der Waals surface area contributed by atoms with E-state index in [-0.39, 0.29) is 5.91 Å². The van der Waals surface area contributed by atoms with Crippen LogP contribution in [0.15, 0.2) is 41.0 Å². The Morgan fingerprint density at radius 1 is 1.25 bits per heavy atom. The van der Waals surface area contributed by atoms with Crippen LogP contribution in [-0.4, -0.2) is 25.0 Å². The van der Waals surface area contributed by atoms with Crippen molar-refractivity contribution >= 4 is 33.3 Å². The average Bonchev–Trinajstić information content (AvgIpc) is 2.40. The van der Waals surface area contributed by atoms with E-state index in [0.29, 0.717) is 11.4 Å². The minimum Gasteiger partial charge on any atom is -0.377 e. The summed E-state index contributed by atoms with van der Waals surface area (Å²) in [6.45, 7) is 1.99. The van der Waals surface area contributed by atoms with E-state index in [1.54, 1.807) is 12.3 Å². The van der Waals surface area contributed by atoms with Crippen molar-refractivity contribution in [1.82, 2.24) is 4.98 Å². The van der Waals surface area contributed by atoms with Gasteiger partial charge in [-0.2, -0.15) is 0 Å². The van der Waals surface area contributed by atoms with Crippen LogP contribution >= 0.6 is 15.9 Å². The smallest absolute Gasteiger partial charge is 0.256 e. The van der Waals surface area contributed by atoms with Crippen LogP contribution in [0.1, 0.15) is 15.9 Å². The van der Waals surface area contributed by atoms with Crippen LogP contribution in [0, 0.1) is 6.92 Å². The lowest BCUT2D eigenvalue weighted by atomic mass is 10.1. The lowest BCUT2D eigenvalue weighted by Gasteiger charge is -2.16. The summed E-state index contributed by atoms with van der Waals surface area (Å²) >= 11 is 3.31. The summed E-state index contributed by atoms with van der Waals surface area (Å²) in [6, 6.07) is 9.23. The zero-order chi connectivity index (χ0) is 14.7. The van der Waals surface area contributed by atoms with Crippen molar-refractivity contribution in [3.05, 3.63) is 52.1 Å². The number of nitrogens with one attached hydrogen (secondary N) is 1.